The minimum atomic E-state index is -0.484. The number of fused-ring (bicyclic) bond motifs is 3. The van der Waals surface area contributed by atoms with E-state index in [2.05, 4.69) is 0 Å². The van der Waals surface area contributed by atoms with E-state index in [0.29, 0.717) is 42.3 Å². The number of ether oxygens (including phenoxy) is 1. The predicted octanol–water partition coefficient (Wildman–Crippen LogP) is 3.51. The van der Waals surface area contributed by atoms with Crippen molar-refractivity contribution in [2.75, 3.05) is 26.3 Å². The molecule has 1 unspecified atom stereocenters. The molecule has 6 nitrogen and oxygen atoms in total. The van der Waals surface area contributed by atoms with Gasteiger partial charge in [-0.05, 0) is 76.2 Å². The molecule has 5 rings (SSSR count). The Morgan fingerprint density at radius 3 is 2.70 bits per heavy atom. The molecule has 0 aromatic heterocycles. The number of halogens is 1. The first-order valence-corrected chi connectivity index (χ1v) is 11.2. The minimum Gasteiger partial charge on any atom is -0.394 e. The Morgan fingerprint density at radius 2 is 1.94 bits per heavy atom. The van der Waals surface area contributed by atoms with E-state index in [1.807, 2.05) is 48.5 Å². The van der Waals surface area contributed by atoms with E-state index in [-0.39, 0.29) is 18.6 Å². The maximum atomic E-state index is 13.2. The van der Waals surface area contributed by atoms with E-state index in [0.717, 1.165) is 33.4 Å². The second-order valence-corrected chi connectivity index (χ2v) is 8.84. The van der Waals surface area contributed by atoms with Gasteiger partial charge in [-0.3, -0.25) is 9.59 Å². The summed E-state index contributed by atoms with van der Waals surface area (Å²) in [5.74, 6) is -0.586. The summed E-state index contributed by atoms with van der Waals surface area (Å²) < 4.78 is 5.47. The zero-order valence-corrected chi connectivity index (χ0v) is 18.6. The lowest BCUT2D eigenvalue weighted by Gasteiger charge is -2.32. The number of hydrogen-bond acceptors (Lipinski definition) is 4. The number of carbonyl (C=O) groups is 2. The Kier molecular flexibility index (Phi) is 5.66. The van der Waals surface area contributed by atoms with Gasteiger partial charge in [0, 0.05) is 29.2 Å². The van der Waals surface area contributed by atoms with E-state index in [1.54, 1.807) is 11.0 Å². The number of aliphatic hydroxyl groups is 1. The average molecular weight is 463 g/mol. The van der Waals surface area contributed by atoms with Crippen molar-refractivity contribution in [1.29, 1.82) is 0 Å². The van der Waals surface area contributed by atoms with Crippen LogP contribution >= 0.6 is 11.6 Å². The predicted molar refractivity (Wildman–Crippen MR) is 126 cm³/mol. The summed E-state index contributed by atoms with van der Waals surface area (Å²) in [5, 5.41) is 10.0. The van der Waals surface area contributed by atoms with Gasteiger partial charge < -0.3 is 20.5 Å². The van der Waals surface area contributed by atoms with Crippen LogP contribution in [0.3, 0.4) is 0 Å². The highest BCUT2D eigenvalue weighted by Crippen LogP contribution is 2.42. The molecule has 3 N–H and O–H groups in total. The van der Waals surface area contributed by atoms with Crippen LogP contribution in [-0.2, 0) is 11.2 Å². The van der Waals surface area contributed by atoms with Crippen LogP contribution in [0.25, 0.3) is 22.3 Å². The van der Waals surface area contributed by atoms with Gasteiger partial charge in [0.25, 0.3) is 5.91 Å². The van der Waals surface area contributed by atoms with Crippen LogP contribution in [0.4, 0.5) is 0 Å². The van der Waals surface area contributed by atoms with Crippen molar-refractivity contribution in [3.63, 3.8) is 0 Å². The molecular formula is C26H23ClN2O4. The van der Waals surface area contributed by atoms with E-state index in [1.165, 1.54) is 0 Å². The van der Waals surface area contributed by atoms with E-state index in [4.69, 9.17) is 22.1 Å². The topological polar surface area (TPSA) is 92.9 Å². The van der Waals surface area contributed by atoms with Gasteiger partial charge >= 0.3 is 0 Å². The molecule has 3 aromatic carbocycles. The second-order valence-electron chi connectivity index (χ2n) is 8.40. The fourth-order valence-electron chi connectivity index (χ4n) is 4.66. The maximum absolute atomic E-state index is 13.2. The molecule has 2 aliphatic rings. The molecule has 7 heteroatoms. The minimum absolute atomic E-state index is 0.103. The zero-order valence-electron chi connectivity index (χ0n) is 17.9. The number of amides is 2. The fourth-order valence-corrected chi connectivity index (χ4v) is 4.85. The number of nitrogens with zero attached hydrogens (tertiary/aromatic N) is 1. The quantitative estimate of drug-likeness (QED) is 0.485. The first-order valence-electron chi connectivity index (χ1n) is 10.8. The van der Waals surface area contributed by atoms with Gasteiger partial charge in [-0.15, -0.1) is 0 Å². The van der Waals surface area contributed by atoms with Gasteiger partial charge in [0.15, 0.2) is 0 Å². The van der Waals surface area contributed by atoms with Crippen LogP contribution in [0, 0.1) is 0 Å². The molecule has 0 bridgehead atoms. The summed E-state index contributed by atoms with van der Waals surface area (Å²) in [6.45, 7) is 1.11. The summed E-state index contributed by atoms with van der Waals surface area (Å²) in [6.07, 6.45) is 0.216. The Balaban J connectivity index is 1.57. The smallest absolute Gasteiger partial charge is 0.254 e. The lowest BCUT2D eigenvalue weighted by atomic mass is 9.93. The van der Waals surface area contributed by atoms with E-state index in [9.17, 15) is 14.7 Å². The molecule has 3 aromatic rings. The largest absolute Gasteiger partial charge is 0.394 e. The van der Waals surface area contributed by atoms with Crippen molar-refractivity contribution in [3.8, 4) is 22.3 Å². The first-order chi connectivity index (χ1) is 15.9. The third kappa shape index (κ3) is 4.02. The van der Waals surface area contributed by atoms with Crippen molar-refractivity contribution in [3.05, 3.63) is 81.9 Å². The van der Waals surface area contributed by atoms with Crippen LogP contribution < -0.4 is 5.73 Å². The molecule has 0 saturated carbocycles. The highest BCUT2D eigenvalue weighted by atomic mass is 35.5. The molecule has 0 spiro atoms. The lowest BCUT2D eigenvalue weighted by Crippen LogP contribution is -2.46. The second kappa shape index (κ2) is 8.63. The van der Waals surface area contributed by atoms with Gasteiger partial charge in [-0.2, -0.15) is 0 Å². The van der Waals surface area contributed by atoms with Crippen LogP contribution in [0.1, 0.15) is 31.8 Å². The van der Waals surface area contributed by atoms with Crippen LogP contribution in [0.15, 0.2) is 54.6 Å². The molecule has 1 aliphatic heterocycles. The maximum Gasteiger partial charge on any atom is 0.254 e. The van der Waals surface area contributed by atoms with Crippen LogP contribution in [-0.4, -0.2) is 54.2 Å². The van der Waals surface area contributed by atoms with Crippen molar-refractivity contribution in [1.82, 2.24) is 4.90 Å². The van der Waals surface area contributed by atoms with Gasteiger partial charge in [0.2, 0.25) is 5.91 Å². The van der Waals surface area contributed by atoms with Gasteiger partial charge in [-0.25, -0.2) is 0 Å². The number of aliphatic hydroxyl groups excluding tert-OH is 1. The SMILES string of the molecule is NC(=O)c1cc(-c2cccc(Cl)c2)cc2c1Cc1ccc(C(=O)N3CCOC(CO)C3)cc1-2. The summed E-state index contributed by atoms with van der Waals surface area (Å²) in [6, 6.07) is 16.9. The van der Waals surface area contributed by atoms with Crippen molar-refractivity contribution in [2.24, 2.45) is 5.73 Å². The van der Waals surface area contributed by atoms with Crippen molar-refractivity contribution in [2.45, 2.75) is 12.5 Å². The number of carbonyl (C=O) groups excluding carboxylic acids is 2. The molecule has 168 valence electrons. The number of rotatable bonds is 4. The summed E-state index contributed by atoms with van der Waals surface area (Å²) >= 11 is 6.19. The third-order valence-electron chi connectivity index (χ3n) is 6.32. The van der Waals surface area contributed by atoms with E-state index >= 15 is 0 Å². The molecular weight excluding hydrogens is 440 g/mol. The molecule has 2 amide bonds. The van der Waals surface area contributed by atoms with Gasteiger partial charge in [0.05, 0.1) is 19.3 Å². The van der Waals surface area contributed by atoms with Gasteiger partial charge in [0.1, 0.15) is 0 Å². The standard InChI is InChI=1S/C26H23ClN2O4/c27-19-3-1-2-15(8-19)18-11-22-21-10-17(26(32)29-6-7-33-20(13-29)14-30)5-4-16(21)9-23(22)24(12-18)25(28)31/h1-5,8,10-12,20,30H,6-7,9,13-14H2,(H2,28,31). The van der Waals surface area contributed by atoms with Crippen molar-refractivity contribution < 1.29 is 19.4 Å². The molecule has 1 fully saturated rings. The first kappa shape index (κ1) is 21.6. The zero-order chi connectivity index (χ0) is 23.1. The highest BCUT2D eigenvalue weighted by Gasteiger charge is 2.28. The summed E-state index contributed by atoms with van der Waals surface area (Å²) in [7, 11) is 0. The number of nitrogens with two attached hydrogens (primary N) is 1. The Labute approximate surface area is 196 Å². The lowest BCUT2D eigenvalue weighted by molar-refractivity contribution is -0.0447. The number of primary amides is 1. The van der Waals surface area contributed by atoms with Crippen LogP contribution in [0.2, 0.25) is 5.02 Å². The number of benzene rings is 3. The number of hydrogen-bond donors (Lipinski definition) is 2. The summed E-state index contributed by atoms with van der Waals surface area (Å²) in [5.41, 5.74) is 12.3. The van der Waals surface area contributed by atoms with Crippen LogP contribution in [0.5, 0.6) is 0 Å². The third-order valence-corrected chi connectivity index (χ3v) is 6.55. The molecule has 0 radical (unpaired) electrons. The Morgan fingerprint density at radius 1 is 1.09 bits per heavy atom. The normalized spacial score (nSPS) is 16.9. The fraction of sp³-hybridized carbons (Fsp3) is 0.231. The molecule has 1 saturated heterocycles. The highest BCUT2D eigenvalue weighted by molar-refractivity contribution is 6.30. The molecule has 1 aliphatic carbocycles. The average Bonchev–Trinajstić information content (AvgIpc) is 3.20. The molecule has 1 atom stereocenters. The van der Waals surface area contributed by atoms with E-state index < -0.39 is 5.91 Å². The van der Waals surface area contributed by atoms with Gasteiger partial charge in [-0.1, -0.05) is 29.8 Å². The number of morpholine rings is 1. The Hall–Kier alpha value is -3.19. The summed E-state index contributed by atoms with van der Waals surface area (Å²) in [4.78, 5) is 27.2. The molecule has 1 heterocycles. The Bertz CT molecular complexity index is 1270. The monoisotopic (exact) mass is 462 g/mol. The molecule has 33 heavy (non-hydrogen) atoms. The van der Waals surface area contributed by atoms with Crippen molar-refractivity contribution >= 4 is 23.4 Å².